The molecule has 1 aliphatic rings. The van der Waals surface area contributed by atoms with Crippen LogP contribution in [-0.4, -0.2) is 32.2 Å². The summed E-state index contributed by atoms with van der Waals surface area (Å²) in [5.74, 6) is 0.0498. The van der Waals surface area contributed by atoms with Crippen LogP contribution in [0.1, 0.15) is 39.7 Å². The van der Waals surface area contributed by atoms with Crippen molar-refractivity contribution in [3.05, 3.63) is 29.8 Å². The topological polar surface area (TPSA) is 87.6 Å². The smallest absolute Gasteiger partial charge is 0.263 e. The number of aliphatic imine (C=N–C) groups is 1. The van der Waals surface area contributed by atoms with Crippen molar-refractivity contribution in [2.24, 2.45) is 10.9 Å². The second-order valence-corrected chi connectivity index (χ2v) is 7.72. The molecule has 1 aliphatic heterocycles. The van der Waals surface area contributed by atoms with E-state index in [0.717, 1.165) is 6.42 Å². The molecule has 0 radical (unpaired) electrons. The summed E-state index contributed by atoms with van der Waals surface area (Å²) in [6, 6.07) is 6.02. The predicted molar refractivity (Wildman–Crippen MR) is 89.8 cm³/mol. The molecule has 0 spiro atoms. The Labute approximate surface area is 137 Å². The number of benzene rings is 1. The van der Waals surface area contributed by atoms with Crippen molar-refractivity contribution in [2.45, 2.75) is 51.1 Å². The van der Waals surface area contributed by atoms with Gasteiger partial charge in [0.2, 0.25) is 5.91 Å². The van der Waals surface area contributed by atoms with Gasteiger partial charge in [-0.05, 0) is 31.9 Å². The Balaban J connectivity index is 2.43. The zero-order chi connectivity index (χ0) is 17.2. The van der Waals surface area contributed by atoms with Gasteiger partial charge >= 0.3 is 0 Å². The lowest BCUT2D eigenvalue weighted by Crippen LogP contribution is -2.42. The molecule has 2 atom stereocenters. The Bertz CT molecular complexity index is 726. The Morgan fingerprint density at radius 3 is 2.52 bits per heavy atom. The Hall–Kier alpha value is -1.89. The van der Waals surface area contributed by atoms with Gasteiger partial charge in [0.05, 0.1) is 4.90 Å². The molecule has 1 heterocycles. The molecule has 0 aromatic heterocycles. The van der Waals surface area contributed by atoms with E-state index in [-0.39, 0.29) is 28.6 Å². The number of amidine groups is 1. The minimum atomic E-state index is -3.59. The van der Waals surface area contributed by atoms with Gasteiger partial charge in [0, 0.05) is 11.6 Å². The summed E-state index contributed by atoms with van der Waals surface area (Å²) in [7, 11) is -3.59. The zero-order valence-corrected chi connectivity index (χ0v) is 14.6. The van der Waals surface area contributed by atoms with E-state index in [1.165, 1.54) is 6.07 Å². The summed E-state index contributed by atoms with van der Waals surface area (Å²) in [4.78, 5) is 17.1. The van der Waals surface area contributed by atoms with Crippen LogP contribution in [0.15, 0.2) is 34.2 Å². The van der Waals surface area contributed by atoms with Crippen molar-refractivity contribution >= 4 is 21.8 Å². The van der Waals surface area contributed by atoms with Gasteiger partial charge in [0.15, 0.2) is 0 Å². The third-order valence-corrected chi connectivity index (χ3v) is 5.21. The molecule has 0 bridgehead atoms. The average molecular weight is 337 g/mol. The lowest BCUT2D eigenvalue weighted by molar-refractivity contribution is -0.123. The van der Waals surface area contributed by atoms with Crippen LogP contribution in [0.3, 0.4) is 0 Å². The highest BCUT2D eigenvalue weighted by Crippen LogP contribution is 2.24. The molecule has 0 aliphatic carbocycles. The van der Waals surface area contributed by atoms with Crippen molar-refractivity contribution in [2.75, 3.05) is 0 Å². The first kappa shape index (κ1) is 17.5. The molecule has 7 heteroatoms. The highest BCUT2D eigenvalue weighted by molar-refractivity contribution is 7.90. The fraction of sp³-hybridized carbons (Fsp3) is 0.500. The summed E-state index contributed by atoms with van der Waals surface area (Å²) in [5.41, 5.74) is 0.512. The number of carbonyl (C=O) groups is 1. The molecule has 0 fully saturated rings. The van der Waals surface area contributed by atoms with Crippen LogP contribution >= 0.6 is 0 Å². The lowest BCUT2D eigenvalue weighted by Gasteiger charge is -2.20. The van der Waals surface area contributed by atoms with Gasteiger partial charge in [-0.3, -0.25) is 14.5 Å². The van der Waals surface area contributed by atoms with Crippen LogP contribution in [0, 0.1) is 5.92 Å². The number of hydrogen-bond donors (Lipinski definition) is 2. The number of hydrogen-bond acceptors (Lipinski definition) is 4. The maximum absolute atomic E-state index is 12.4. The van der Waals surface area contributed by atoms with Gasteiger partial charge in [-0.15, -0.1) is 0 Å². The van der Waals surface area contributed by atoms with Gasteiger partial charge in [-0.25, -0.2) is 8.42 Å². The van der Waals surface area contributed by atoms with Crippen molar-refractivity contribution in [1.82, 2.24) is 10.0 Å². The van der Waals surface area contributed by atoms with Crippen molar-refractivity contribution in [1.29, 1.82) is 0 Å². The van der Waals surface area contributed by atoms with Crippen molar-refractivity contribution in [3.8, 4) is 0 Å². The Morgan fingerprint density at radius 1 is 1.26 bits per heavy atom. The molecule has 126 valence electrons. The number of nitrogens with zero attached hydrogens (tertiary/aromatic N) is 1. The zero-order valence-electron chi connectivity index (χ0n) is 13.8. The van der Waals surface area contributed by atoms with Gasteiger partial charge in [-0.1, -0.05) is 32.4 Å². The fourth-order valence-electron chi connectivity index (χ4n) is 2.41. The highest BCUT2D eigenvalue weighted by Gasteiger charge is 2.33. The number of amides is 1. The predicted octanol–water partition coefficient (Wildman–Crippen LogP) is 1.66. The van der Waals surface area contributed by atoms with E-state index in [4.69, 9.17) is 0 Å². The second kappa shape index (κ2) is 6.70. The third-order valence-electron chi connectivity index (χ3n) is 3.81. The molecule has 23 heavy (non-hydrogen) atoms. The number of sulfonamides is 1. The first-order valence-corrected chi connectivity index (χ1v) is 9.25. The number of rotatable bonds is 5. The van der Waals surface area contributed by atoms with Crippen LogP contribution in [0.4, 0.5) is 0 Å². The summed E-state index contributed by atoms with van der Waals surface area (Å²) in [6.45, 7) is 7.68. The van der Waals surface area contributed by atoms with E-state index >= 15 is 0 Å². The molecule has 2 N–H and O–H groups in total. The maximum Gasteiger partial charge on any atom is 0.263 e. The van der Waals surface area contributed by atoms with Gasteiger partial charge in [-0.2, -0.15) is 0 Å². The molecule has 0 saturated heterocycles. The van der Waals surface area contributed by atoms with Gasteiger partial charge in [0.1, 0.15) is 11.9 Å². The van der Waals surface area contributed by atoms with Crippen LogP contribution in [0.25, 0.3) is 0 Å². The largest absolute Gasteiger partial charge is 0.352 e. The summed E-state index contributed by atoms with van der Waals surface area (Å²) < 4.78 is 26.7. The van der Waals surface area contributed by atoms with Crippen molar-refractivity contribution in [3.63, 3.8) is 0 Å². The van der Waals surface area contributed by atoms with Crippen LogP contribution in [0.2, 0.25) is 0 Å². The molecule has 0 saturated carbocycles. The summed E-state index contributed by atoms with van der Waals surface area (Å²) in [5, 5.41) is 2.85. The Morgan fingerprint density at radius 2 is 1.91 bits per heavy atom. The summed E-state index contributed by atoms with van der Waals surface area (Å²) >= 11 is 0. The van der Waals surface area contributed by atoms with Crippen LogP contribution in [-0.2, 0) is 14.8 Å². The van der Waals surface area contributed by atoms with E-state index in [1.807, 2.05) is 27.7 Å². The number of carbonyl (C=O) groups excluding carboxylic acids is 1. The number of fused-ring (bicyclic) bond motifs is 1. The van der Waals surface area contributed by atoms with Crippen molar-refractivity contribution < 1.29 is 13.2 Å². The molecule has 0 unspecified atom stereocenters. The quantitative estimate of drug-likeness (QED) is 0.856. The molecular formula is C16H23N3O3S. The third kappa shape index (κ3) is 3.72. The SMILES string of the molecule is CC[C@H](C)[C@H](N=C1NS(=O)(=O)c2ccccc21)C(=O)NC(C)C. The minimum absolute atomic E-state index is 0.00137. The standard InChI is InChI=1S/C16H23N3O3S/c1-5-11(4)14(16(20)17-10(2)3)18-15-12-8-6-7-9-13(12)23(21,22)19-15/h6-11,14H,5H2,1-4H3,(H,17,20)(H,18,19)/t11-,14-/m0/s1. The molecule has 6 nitrogen and oxygen atoms in total. The van der Waals surface area contributed by atoms with Crippen LogP contribution in [0.5, 0.6) is 0 Å². The van der Waals surface area contributed by atoms with Gasteiger partial charge < -0.3 is 5.32 Å². The first-order chi connectivity index (χ1) is 10.8. The Kier molecular flexibility index (Phi) is 5.09. The van der Waals surface area contributed by atoms with E-state index in [9.17, 15) is 13.2 Å². The summed E-state index contributed by atoms with van der Waals surface area (Å²) in [6.07, 6.45) is 0.765. The average Bonchev–Trinajstić information content (AvgIpc) is 2.75. The molecule has 2 rings (SSSR count). The first-order valence-electron chi connectivity index (χ1n) is 7.76. The molecule has 1 aromatic rings. The molecule has 1 amide bonds. The van der Waals surface area contributed by atoms with Crippen LogP contribution < -0.4 is 10.0 Å². The monoisotopic (exact) mass is 337 g/mol. The fourth-order valence-corrected chi connectivity index (χ4v) is 3.65. The molecule has 1 aromatic carbocycles. The lowest BCUT2D eigenvalue weighted by atomic mass is 9.98. The molecular weight excluding hydrogens is 314 g/mol. The van der Waals surface area contributed by atoms with E-state index < -0.39 is 16.1 Å². The highest BCUT2D eigenvalue weighted by atomic mass is 32.2. The second-order valence-electron chi connectivity index (χ2n) is 6.07. The minimum Gasteiger partial charge on any atom is -0.352 e. The van der Waals surface area contributed by atoms with Gasteiger partial charge in [0.25, 0.3) is 10.0 Å². The number of nitrogens with one attached hydrogen (secondary N) is 2. The van der Waals surface area contributed by atoms with E-state index in [0.29, 0.717) is 5.56 Å². The van der Waals surface area contributed by atoms with E-state index in [1.54, 1.807) is 18.2 Å². The van der Waals surface area contributed by atoms with E-state index in [2.05, 4.69) is 15.0 Å². The maximum atomic E-state index is 12.4. The normalized spacial score (nSPS) is 20.0.